The number of nitrogen functional groups attached to an aromatic ring is 1. The summed E-state index contributed by atoms with van der Waals surface area (Å²) in [5.41, 5.74) is 4.24. The number of fused-ring (bicyclic) bond motifs is 1. The first-order valence-electron chi connectivity index (χ1n) is 20.9. The van der Waals surface area contributed by atoms with E-state index in [1.54, 1.807) is 44.2 Å². The molecule has 0 amide bonds. The lowest BCUT2D eigenvalue weighted by molar-refractivity contribution is -0.158. The maximum atomic E-state index is 14.4. The van der Waals surface area contributed by atoms with Gasteiger partial charge in [-0.2, -0.15) is 19.4 Å². The minimum absolute atomic E-state index is 0.0243. The van der Waals surface area contributed by atoms with Crippen LogP contribution in [0, 0.1) is 18.4 Å². The molecule has 0 saturated carbocycles. The molecule has 3 N–H and O–H groups in total. The van der Waals surface area contributed by atoms with Gasteiger partial charge < -0.3 is 24.5 Å². The molecule has 58 heavy (non-hydrogen) atoms. The number of ether oxygens (including phenoxy) is 3. The fourth-order valence-corrected chi connectivity index (χ4v) is 8.37. The highest BCUT2D eigenvalue weighted by molar-refractivity contribution is 7.52. The van der Waals surface area contributed by atoms with Gasteiger partial charge in [-0.15, -0.1) is 6.42 Å². The van der Waals surface area contributed by atoms with Crippen molar-refractivity contribution in [1.29, 1.82) is 0 Å². The van der Waals surface area contributed by atoms with E-state index in [9.17, 15) is 18.5 Å². The van der Waals surface area contributed by atoms with Crippen molar-refractivity contribution in [3.63, 3.8) is 0 Å². The van der Waals surface area contributed by atoms with Crippen molar-refractivity contribution in [2.45, 2.75) is 167 Å². The first kappa shape index (κ1) is 46.6. The Kier molecular flexibility index (Phi) is 18.9. The molecule has 1 saturated heterocycles. The number of hydrogen-bond acceptors (Lipinski definition) is 12. The van der Waals surface area contributed by atoms with Crippen LogP contribution in [-0.4, -0.2) is 61.9 Å². The van der Waals surface area contributed by atoms with Crippen molar-refractivity contribution in [3.05, 3.63) is 42.7 Å². The number of rotatable bonds is 27. The summed E-state index contributed by atoms with van der Waals surface area (Å²) in [5, 5.41) is 2.63. The predicted molar refractivity (Wildman–Crippen MR) is 220 cm³/mol. The standard InChI is InChI=1S/C42H62FN6O8P/c1-6-8-9-10-11-12-13-14-15-16-17-18-19-20-24-27-36(50)55-34-28-35(49-30-45-37-38(44)46-41(43)47-39(37)49)56-42(34,7-2)29-53-58(52,57-33-25-22-21-23-26-33)48-32(5)40(51)54-31(3)4/h2,21-23,25-26,30-32,34-35H,6,8-20,24,27-29H2,1,3-5H3,(H,48,52)(H2,44,46,47)/t32-,34-,35+,42+,58-/m0/s1. The molecule has 0 bridgehead atoms. The molecular weight excluding hydrogens is 766 g/mol. The zero-order chi connectivity index (χ0) is 42.0. The monoisotopic (exact) mass is 828 g/mol. The summed E-state index contributed by atoms with van der Waals surface area (Å²) in [6, 6.07) is 7.09. The van der Waals surface area contributed by atoms with Crippen molar-refractivity contribution in [2.75, 3.05) is 12.3 Å². The van der Waals surface area contributed by atoms with Crippen molar-refractivity contribution in [3.8, 4) is 18.1 Å². The summed E-state index contributed by atoms with van der Waals surface area (Å²) in [7, 11) is -4.41. The lowest BCUT2D eigenvalue weighted by Gasteiger charge is -2.31. The highest BCUT2D eigenvalue weighted by atomic mass is 31.2. The van der Waals surface area contributed by atoms with Crippen LogP contribution in [0.15, 0.2) is 36.7 Å². The summed E-state index contributed by atoms with van der Waals surface area (Å²) >= 11 is 0. The van der Waals surface area contributed by atoms with Crippen LogP contribution in [0.3, 0.4) is 0 Å². The molecule has 3 heterocycles. The van der Waals surface area contributed by atoms with Gasteiger partial charge in [0.25, 0.3) is 0 Å². The maximum Gasteiger partial charge on any atom is 0.459 e. The Morgan fingerprint density at radius 3 is 2.19 bits per heavy atom. The molecule has 14 nitrogen and oxygen atoms in total. The Labute approximate surface area is 342 Å². The van der Waals surface area contributed by atoms with E-state index < -0.39 is 62.4 Å². The van der Waals surface area contributed by atoms with Gasteiger partial charge in [-0.05, 0) is 39.3 Å². The Morgan fingerprint density at radius 1 is 1.00 bits per heavy atom. The van der Waals surface area contributed by atoms with Crippen LogP contribution in [-0.2, 0) is 32.9 Å². The first-order chi connectivity index (χ1) is 27.9. The van der Waals surface area contributed by atoms with Crippen molar-refractivity contribution in [2.24, 2.45) is 0 Å². The van der Waals surface area contributed by atoms with Gasteiger partial charge in [-0.25, -0.2) is 9.55 Å². The molecule has 1 fully saturated rings. The molecule has 0 spiro atoms. The number of carbonyl (C=O) groups is 2. The molecule has 320 valence electrons. The van der Waals surface area contributed by atoms with Gasteiger partial charge in [0.15, 0.2) is 22.6 Å². The lowest BCUT2D eigenvalue weighted by atomic mass is 9.98. The van der Waals surface area contributed by atoms with Crippen LogP contribution in [0.4, 0.5) is 10.2 Å². The van der Waals surface area contributed by atoms with E-state index in [1.165, 1.54) is 88.4 Å². The highest BCUT2D eigenvalue weighted by Gasteiger charge is 2.53. The second-order valence-corrected chi connectivity index (χ2v) is 16.9. The zero-order valence-electron chi connectivity index (χ0n) is 34.5. The summed E-state index contributed by atoms with van der Waals surface area (Å²) in [6.45, 7) is 6.46. The number of para-hydroxylation sites is 1. The first-order valence-corrected chi connectivity index (χ1v) is 22.4. The normalized spacial score (nSPS) is 19.5. The Bertz CT molecular complexity index is 1820. The third-order valence-corrected chi connectivity index (χ3v) is 11.6. The fraction of sp³-hybridized carbons (Fsp3) is 0.643. The van der Waals surface area contributed by atoms with E-state index in [4.69, 9.17) is 35.4 Å². The minimum atomic E-state index is -4.41. The number of aromatic nitrogens is 4. The molecule has 0 unspecified atom stereocenters. The van der Waals surface area contributed by atoms with Crippen LogP contribution >= 0.6 is 7.75 Å². The summed E-state index contributed by atoms with van der Waals surface area (Å²) in [4.78, 5) is 37.7. The number of carbonyl (C=O) groups excluding carboxylic acids is 2. The molecule has 0 aliphatic carbocycles. The van der Waals surface area contributed by atoms with Gasteiger partial charge in [-0.1, -0.05) is 121 Å². The number of benzene rings is 1. The van der Waals surface area contributed by atoms with E-state index in [0.717, 1.165) is 19.3 Å². The van der Waals surface area contributed by atoms with Crippen LogP contribution in [0.1, 0.15) is 143 Å². The van der Waals surface area contributed by atoms with Gasteiger partial charge in [0, 0.05) is 12.8 Å². The molecule has 2 aromatic heterocycles. The summed E-state index contributed by atoms with van der Waals surface area (Å²) in [5.74, 6) is 1.39. The highest BCUT2D eigenvalue weighted by Crippen LogP contribution is 2.48. The molecule has 3 aromatic rings. The maximum absolute atomic E-state index is 14.4. The smallest absolute Gasteiger partial charge is 0.459 e. The van der Waals surface area contributed by atoms with E-state index >= 15 is 0 Å². The third kappa shape index (κ3) is 14.3. The van der Waals surface area contributed by atoms with E-state index in [1.807, 2.05) is 0 Å². The van der Waals surface area contributed by atoms with Gasteiger partial charge >= 0.3 is 25.8 Å². The van der Waals surface area contributed by atoms with Crippen molar-refractivity contribution < 1.29 is 41.8 Å². The number of terminal acetylenes is 1. The average molecular weight is 829 g/mol. The van der Waals surface area contributed by atoms with E-state index in [-0.39, 0.29) is 35.6 Å². The second-order valence-electron chi connectivity index (χ2n) is 15.2. The van der Waals surface area contributed by atoms with E-state index in [2.05, 4.69) is 32.9 Å². The van der Waals surface area contributed by atoms with Gasteiger partial charge in [0.1, 0.15) is 30.7 Å². The molecule has 1 aliphatic heterocycles. The number of nitrogens with two attached hydrogens (primary N) is 1. The predicted octanol–water partition coefficient (Wildman–Crippen LogP) is 9.15. The lowest BCUT2D eigenvalue weighted by Crippen LogP contribution is -2.45. The topological polar surface area (TPSA) is 179 Å². The quantitative estimate of drug-likeness (QED) is 0.0245. The number of anilines is 1. The van der Waals surface area contributed by atoms with Gasteiger partial charge in [-0.3, -0.25) is 18.7 Å². The third-order valence-electron chi connectivity index (χ3n) is 9.99. The van der Waals surface area contributed by atoms with Crippen LogP contribution in [0.25, 0.3) is 11.2 Å². The largest absolute Gasteiger partial charge is 0.462 e. The molecule has 16 heteroatoms. The number of esters is 2. The number of nitrogens with one attached hydrogen (secondary N) is 1. The molecule has 0 radical (unpaired) electrons. The van der Waals surface area contributed by atoms with Crippen LogP contribution in [0.5, 0.6) is 5.75 Å². The molecule has 1 aromatic carbocycles. The minimum Gasteiger partial charge on any atom is -0.462 e. The van der Waals surface area contributed by atoms with Crippen molar-refractivity contribution in [1.82, 2.24) is 24.6 Å². The number of hydrogen-bond donors (Lipinski definition) is 2. The Hall–Kier alpha value is -4.09. The fourth-order valence-electron chi connectivity index (χ4n) is 6.84. The Morgan fingerprint density at radius 2 is 1.60 bits per heavy atom. The second kappa shape index (κ2) is 23.5. The molecule has 1 aliphatic rings. The number of nitrogens with zero attached hydrogens (tertiary/aromatic N) is 4. The molecule has 4 rings (SSSR count). The van der Waals surface area contributed by atoms with Gasteiger partial charge in [0.2, 0.25) is 0 Å². The van der Waals surface area contributed by atoms with Crippen molar-refractivity contribution >= 4 is 36.7 Å². The summed E-state index contributed by atoms with van der Waals surface area (Å²) in [6.07, 6.45) is 21.9. The summed E-state index contributed by atoms with van der Waals surface area (Å²) < 4.78 is 59.5. The average Bonchev–Trinajstić information content (AvgIpc) is 3.77. The Balaban J connectivity index is 1.40. The van der Waals surface area contributed by atoms with Crippen LogP contribution in [0.2, 0.25) is 0 Å². The number of halogens is 1. The van der Waals surface area contributed by atoms with Crippen LogP contribution < -0.4 is 15.3 Å². The SMILES string of the molecule is C#C[C@]1(CO[P@@](=O)(N[C@@H](C)C(=O)OC(C)C)Oc2ccccc2)O[C@@H](n2cnc3c(N)nc(F)nc32)C[C@@H]1OC(=O)CCCCCCCCCCCCCCCCC. The van der Waals surface area contributed by atoms with E-state index in [0.29, 0.717) is 6.42 Å². The van der Waals surface area contributed by atoms with Gasteiger partial charge in [0.05, 0.1) is 12.4 Å². The number of imidazole rings is 1. The molecule has 5 atom stereocenters. The number of unbranched alkanes of at least 4 members (excludes halogenated alkanes) is 14. The zero-order valence-corrected chi connectivity index (χ0v) is 35.4. The molecular formula is C42H62FN6O8P.